The zero-order chi connectivity index (χ0) is 14.1. The molecule has 0 atom stereocenters. The summed E-state index contributed by atoms with van der Waals surface area (Å²) < 4.78 is 12.1. The molecule has 1 aliphatic rings. The molecule has 1 fully saturated rings. The van der Waals surface area contributed by atoms with Crippen molar-refractivity contribution in [3.05, 3.63) is 0 Å². The van der Waals surface area contributed by atoms with Gasteiger partial charge in [-0.25, -0.2) is 0 Å². The van der Waals surface area contributed by atoms with E-state index in [0.717, 1.165) is 69.9 Å². The highest BCUT2D eigenvalue weighted by molar-refractivity contribution is 5.78. The number of Topliss-reactive ketones (excluding diaryl/α,β-unsaturated/α-hetero) is 1. The molecule has 1 heterocycles. The highest BCUT2D eigenvalue weighted by atomic mass is 79.9. The Kier molecular flexibility index (Phi) is 10.7. The second-order valence-corrected chi connectivity index (χ2v) is 5.51. The van der Waals surface area contributed by atoms with Crippen LogP contribution in [0.3, 0.4) is 0 Å². The van der Waals surface area contributed by atoms with Gasteiger partial charge in [0.05, 0.1) is 26.3 Å². The smallest absolute Gasteiger partial charge is 0.133 e. The van der Waals surface area contributed by atoms with Gasteiger partial charge in [0, 0.05) is 32.0 Å². The summed E-state index contributed by atoms with van der Waals surface area (Å²) in [5, 5.41) is 0. The van der Waals surface area contributed by atoms with E-state index in [4.69, 9.17) is 9.47 Å². The average molecular weight is 352 g/mol. The van der Waals surface area contributed by atoms with Crippen LogP contribution in [-0.2, 0) is 14.3 Å². The Morgan fingerprint density at radius 1 is 1.05 bits per heavy atom. The molecule has 120 valence electrons. The zero-order valence-electron chi connectivity index (χ0n) is 13.2. The fourth-order valence-electron chi connectivity index (χ4n) is 2.89. The number of ether oxygens (including phenoxy) is 2. The van der Waals surface area contributed by atoms with Crippen LogP contribution in [0.25, 0.3) is 0 Å². The minimum Gasteiger partial charge on any atom is -1.00 e. The molecule has 0 N–H and O–H groups in total. The predicted molar refractivity (Wildman–Crippen MR) is 76.1 cm³/mol. The number of rotatable bonds is 9. The van der Waals surface area contributed by atoms with E-state index in [1.807, 2.05) is 13.8 Å². The highest BCUT2D eigenvalue weighted by Gasteiger charge is 2.34. The molecule has 0 aromatic carbocycles. The lowest BCUT2D eigenvalue weighted by molar-refractivity contribution is -0.933. The lowest BCUT2D eigenvalue weighted by Gasteiger charge is -2.43. The van der Waals surface area contributed by atoms with Crippen LogP contribution in [0, 0.1) is 5.92 Å². The molecule has 20 heavy (non-hydrogen) atoms. The van der Waals surface area contributed by atoms with Crippen LogP contribution in [0.5, 0.6) is 0 Å². The summed E-state index contributed by atoms with van der Waals surface area (Å²) in [6.07, 6.45) is 2.04. The molecule has 5 heteroatoms. The van der Waals surface area contributed by atoms with Gasteiger partial charge in [0.25, 0.3) is 0 Å². The molecular weight excluding hydrogens is 322 g/mol. The molecule has 4 nitrogen and oxygen atoms in total. The van der Waals surface area contributed by atoms with Crippen LogP contribution >= 0.6 is 0 Å². The third-order valence-corrected chi connectivity index (χ3v) is 4.31. The SMILES string of the molecule is CCOCC[N+]1(CCOCC)CCC(C(C)=O)CC1.[Br-]. The number of halogens is 1. The van der Waals surface area contributed by atoms with Crippen molar-refractivity contribution in [2.24, 2.45) is 5.92 Å². The molecule has 0 bridgehead atoms. The summed E-state index contributed by atoms with van der Waals surface area (Å²) >= 11 is 0. The van der Waals surface area contributed by atoms with Crippen molar-refractivity contribution in [1.29, 1.82) is 0 Å². The topological polar surface area (TPSA) is 35.5 Å². The first-order valence-corrected chi connectivity index (χ1v) is 7.64. The van der Waals surface area contributed by atoms with Crippen molar-refractivity contribution in [3.63, 3.8) is 0 Å². The Morgan fingerprint density at radius 2 is 1.50 bits per heavy atom. The van der Waals surface area contributed by atoms with E-state index < -0.39 is 0 Å². The summed E-state index contributed by atoms with van der Waals surface area (Å²) in [6, 6.07) is 0. The van der Waals surface area contributed by atoms with Crippen LogP contribution in [0.1, 0.15) is 33.6 Å². The van der Waals surface area contributed by atoms with E-state index >= 15 is 0 Å². The Balaban J connectivity index is 0.00000361. The molecule has 1 rings (SSSR count). The number of quaternary nitrogens is 1. The molecule has 0 aromatic rings. The third kappa shape index (κ3) is 6.66. The van der Waals surface area contributed by atoms with Crippen molar-refractivity contribution in [2.45, 2.75) is 33.6 Å². The van der Waals surface area contributed by atoms with Crippen LogP contribution in [0.2, 0.25) is 0 Å². The second-order valence-electron chi connectivity index (χ2n) is 5.51. The van der Waals surface area contributed by atoms with Gasteiger partial charge in [0.2, 0.25) is 0 Å². The molecule has 0 unspecified atom stereocenters. The Morgan fingerprint density at radius 3 is 1.85 bits per heavy atom. The van der Waals surface area contributed by atoms with E-state index in [9.17, 15) is 4.79 Å². The fourth-order valence-corrected chi connectivity index (χ4v) is 2.89. The number of hydrogen-bond acceptors (Lipinski definition) is 3. The van der Waals surface area contributed by atoms with Gasteiger partial charge < -0.3 is 30.9 Å². The van der Waals surface area contributed by atoms with Crippen LogP contribution in [0.4, 0.5) is 0 Å². The van der Waals surface area contributed by atoms with Crippen LogP contribution in [0.15, 0.2) is 0 Å². The van der Waals surface area contributed by atoms with Crippen molar-refractivity contribution in [3.8, 4) is 0 Å². The van der Waals surface area contributed by atoms with Gasteiger partial charge in [0.15, 0.2) is 0 Å². The number of piperidine rings is 1. The molecule has 0 radical (unpaired) electrons. The number of carbonyl (C=O) groups excluding carboxylic acids is 1. The van der Waals surface area contributed by atoms with Gasteiger partial charge in [-0.1, -0.05) is 0 Å². The lowest BCUT2D eigenvalue weighted by Crippen LogP contribution is -3.00. The number of likely N-dealkylation sites (tertiary alicyclic amines) is 1. The van der Waals surface area contributed by atoms with Crippen LogP contribution in [-0.4, -0.2) is 62.9 Å². The first-order valence-electron chi connectivity index (χ1n) is 7.64. The second kappa shape index (κ2) is 10.7. The molecule has 0 aromatic heterocycles. The minimum absolute atomic E-state index is 0. The van der Waals surface area contributed by atoms with E-state index in [2.05, 4.69) is 0 Å². The third-order valence-electron chi connectivity index (χ3n) is 4.31. The molecule has 0 saturated carbocycles. The van der Waals surface area contributed by atoms with Gasteiger partial charge in [-0.15, -0.1) is 0 Å². The molecule has 1 aliphatic heterocycles. The normalized spacial score (nSPS) is 18.6. The standard InChI is InChI=1S/C15H30NO3.BrH/c1-4-18-12-10-16(11-13-19-5-2)8-6-15(7-9-16)14(3)17;/h15H,4-13H2,1-3H3;1H/q+1;/p-1. The number of hydrogen-bond donors (Lipinski definition) is 0. The molecular formula is C15H30BrNO3. The van der Waals surface area contributed by atoms with Gasteiger partial charge in [-0.05, 0) is 20.8 Å². The summed E-state index contributed by atoms with van der Waals surface area (Å²) in [7, 11) is 0. The summed E-state index contributed by atoms with van der Waals surface area (Å²) in [5.41, 5.74) is 0. The number of nitrogens with zero attached hydrogens (tertiary/aromatic N) is 1. The first kappa shape index (κ1) is 20.0. The van der Waals surface area contributed by atoms with E-state index in [1.165, 1.54) is 0 Å². The van der Waals surface area contributed by atoms with Gasteiger partial charge in [-0.2, -0.15) is 0 Å². The lowest BCUT2D eigenvalue weighted by atomic mass is 9.91. The van der Waals surface area contributed by atoms with Crippen LogP contribution < -0.4 is 17.0 Å². The van der Waals surface area contributed by atoms with Gasteiger partial charge in [-0.3, -0.25) is 4.79 Å². The molecule has 0 aliphatic carbocycles. The predicted octanol–water partition coefficient (Wildman–Crippen LogP) is -1.12. The largest absolute Gasteiger partial charge is 1.00 e. The van der Waals surface area contributed by atoms with Gasteiger partial charge in [0.1, 0.15) is 18.9 Å². The van der Waals surface area contributed by atoms with E-state index in [0.29, 0.717) is 5.78 Å². The number of ketones is 1. The molecule has 0 spiro atoms. The molecule has 0 amide bonds. The van der Waals surface area contributed by atoms with E-state index in [-0.39, 0.29) is 22.9 Å². The maximum Gasteiger partial charge on any atom is 0.133 e. The van der Waals surface area contributed by atoms with E-state index in [1.54, 1.807) is 6.92 Å². The summed E-state index contributed by atoms with van der Waals surface area (Å²) in [4.78, 5) is 11.5. The fraction of sp³-hybridized carbons (Fsp3) is 0.933. The maximum absolute atomic E-state index is 11.5. The summed E-state index contributed by atoms with van der Waals surface area (Å²) in [5.74, 6) is 0.637. The summed E-state index contributed by atoms with van der Waals surface area (Å²) in [6.45, 7) is 13.2. The Hall–Kier alpha value is 0.0300. The van der Waals surface area contributed by atoms with Crippen molar-refractivity contribution in [1.82, 2.24) is 0 Å². The number of carbonyl (C=O) groups is 1. The Labute approximate surface area is 134 Å². The quantitative estimate of drug-likeness (QED) is 0.390. The monoisotopic (exact) mass is 351 g/mol. The van der Waals surface area contributed by atoms with Crippen molar-refractivity contribution < 1.29 is 35.7 Å². The minimum atomic E-state index is 0. The van der Waals surface area contributed by atoms with Crippen molar-refractivity contribution in [2.75, 3.05) is 52.6 Å². The Bertz CT molecular complexity index is 254. The maximum atomic E-state index is 11.5. The zero-order valence-corrected chi connectivity index (χ0v) is 14.8. The highest BCUT2D eigenvalue weighted by Crippen LogP contribution is 2.24. The average Bonchev–Trinajstić information content (AvgIpc) is 2.40. The van der Waals surface area contributed by atoms with Gasteiger partial charge >= 0.3 is 0 Å². The molecule has 1 saturated heterocycles. The van der Waals surface area contributed by atoms with Crippen molar-refractivity contribution >= 4 is 5.78 Å². The first-order chi connectivity index (χ1) is 9.13.